The molecule has 6 heteroatoms. The van der Waals surface area contributed by atoms with Crippen molar-refractivity contribution >= 4 is 17.5 Å². The van der Waals surface area contributed by atoms with Crippen molar-refractivity contribution in [1.29, 1.82) is 0 Å². The largest absolute Gasteiger partial charge is 0.480 e. The van der Waals surface area contributed by atoms with Gasteiger partial charge in [0.2, 0.25) is 0 Å². The molecule has 2 rings (SSSR count). The van der Waals surface area contributed by atoms with Crippen LogP contribution in [0.2, 0.25) is 0 Å². The Morgan fingerprint density at radius 1 is 1.00 bits per heavy atom. The monoisotopic (exact) mass is 412 g/mol. The lowest BCUT2D eigenvalue weighted by Crippen LogP contribution is -2.32. The number of carbonyl (C=O) groups is 2. The number of hydrogen-bond donors (Lipinski definition) is 2. The molecule has 0 aromatic heterocycles. The number of para-hydroxylation sites is 1. The summed E-state index contributed by atoms with van der Waals surface area (Å²) in [5.74, 6) is 0.705. The zero-order valence-corrected chi connectivity index (χ0v) is 18.2. The molecule has 30 heavy (non-hydrogen) atoms. The molecule has 0 saturated carbocycles. The van der Waals surface area contributed by atoms with Gasteiger partial charge in [0.25, 0.3) is 11.8 Å². The van der Waals surface area contributed by atoms with E-state index in [0.717, 1.165) is 17.7 Å². The molecule has 0 aliphatic carbocycles. The van der Waals surface area contributed by atoms with Crippen LogP contribution in [0.4, 0.5) is 5.69 Å². The van der Waals surface area contributed by atoms with Gasteiger partial charge in [0.1, 0.15) is 5.75 Å². The molecular formula is C24H32N2O4. The summed E-state index contributed by atoms with van der Waals surface area (Å²) in [6.07, 6.45) is 0.933. The fourth-order valence-electron chi connectivity index (χ4n) is 2.99. The zero-order chi connectivity index (χ0) is 21.9. The average molecular weight is 413 g/mol. The molecule has 2 N–H and O–H groups in total. The van der Waals surface area contributed by atoms with Gasteiger partial charge in [-0.3, -0.25) is 9.59 Å². The van der Waals surface area contributed by atoms with Crippen molar-refractivity contribution in [3.8, 4) is 5.75 Å². The molecule has 0 radical (unpaired) electrons. The maximum atomic E-state index is 12.8. The highest BCUT2D eigenvalue weighted by Gasteiger charge is 2.21. The number of hydrogen-bond acceptors (Lipinski definition) is 4. The van der Waals surface area contributed by atoms with E-state index in [1.54, 1.807) is 31.4 Å². The minimum absolute atomic E-state index is 0.179. The Labute approximate surface area is 179 Å². The molecule has 162 valence electrons. The minimum Gasteiger partial charge on any atom is -0.480 e. The van der Waals surface area contributed by atoms with E-state index < -0.39 is 6.10 Å². The van der Waals surface area contributed by atoms with Crippen LogP contribution in [0.15, 0.2) is 48.5 Å². The molecule has 0 aliphatic heterocycles. The number of carbonyl (C=O) groups excluding carboxylic acids is 2. The molecule has 2 atom stereocenters. The maximum absolute atomic E-state index is 12.8. The highest BCUT2D eigenvalue weighted by atomic mass is 16.5. The highest BCUT2D eigenvalue weighted by Crippen LogP contribution is 2.29. The van der Waals surface area contributed by atoms with Crippen molar-refractivity contribution in [2.45, 2.75) is 45.6 Å². The van der Waals surface area contributed by atoms with Crippen LogP contribution in [-0.4, -0.2) is 38.2 Å². The third-order valence-electron chi connectivity index (χ3n) is 5.00. The Hall–Kier alpha value is -2.86. The van der Waals surface area contributed by atoms with Crippen LogP contribution in [-0.2, 0) is 9.53 Å². The summed E-state index contributed by atoms with van der Waals surface area (Å²) in [4.78, 5) is 24.8. The van der Waals surface area contributed by atoms with Crippen LogP contribution in [0.1, 0.15) is 55.5 Å². The summed E-state index contributed by atoms with van der Waals surface area (Å²) < 4.78 is 11.0. The van der Waals surface area contributed by atoms with Crippen molar-refractivity contribution in [2.75, 3.05) is 25.6 Å². The molecule has 0 spiro atoms. The van der Waals surface area contributed by atoms with Crippen LogP contribution in [0.3, 0.4) is 0 Å². The SMILES string of the molecule is CCC(Oc1ccccc1C(C)CC)C(=O)Nc1ccc(C(=O)NCCOC)cc1. The lowest BCUT2D eigenvalue weighted by atomic mass is 9.98. The summed E-state index contributed by atoms with van der Waals surface area (Å²) in [5, 5.41) is 5.64. The number of benzene rings is 2. The Morgan fingerprint density at radius 3 is 2.33 bits per heavy atom. The van der Waals surface area contributed by atoms with Gasteiger partial charge in [-0.15, -0.1) is 0 Å². The van der Waals surface area contributed by atoms with Crippen molar-refractivity contribution < 1.29 is 19.1 Å². The van der Waals surface area contributed by atoms with E-state index in [9.17, 15) is 9.59 Å². The standard InChI is InChI=1S/C24H32N2O4/c1-5-17(3)20-9-7-8-10-22(20)30-21(6-2)24(28)26-19-13-11-18(12-14-19)23(27)25-15-16-29-4/h7-14,17,21H,5-6,15-16H2,1-4H3,(H,25,27)(H,26,28). The Kier molecular flexibility index (Phi) is 9.35. The lowest BCUT2D eigenvalue weighted by molar-refractivity contribution is -0.122. The summed E-state index contributed by atoms with van der Waals surface area (Å²) in [6, 6.07) is 14.6. The number of ether oxygens (including phenoxy) is 2. The van der Waals surface area contributed by atoms with E-state index in [2.05, 4.69) is 24.5 Å². The topological polar surface area (TPSA) is 76.7 Å². The molecule has 2 unspecified atom stereocenters. The van der Waals surface area contributed by atoms with Crippen molar-refractivity contribution in [3.05, 3.63) is 59.7 Å². The first-order chi connectivity index (χ1) is 14.5. The predicted octanol–water partition coefficient (Wildman–Crippen LogP) is 4.37. The van der Waals surface area contributed by atoms with Gasteiger partial charge >= 0.3 is 0 Å². The lowest BCUT2D eigenvalue weighted by Gasteiger charge is -2.21. The Morgan fingerprint density at radius 2 is 1.70 bits per heavy atom. The van der Waals surface area contributed by atoms with Gasteiger partial charge in [-0.2, -0.15) is 0 Å². The molecule has 0 heterocycles. The van der Waals surface area contributed by atoms with Gasteiger partial charge in [-0.1, -0.05) is 39.0 Å². The van der Waals surface area contributed by atoms with E-state index in [0.29, 0.717) is 36.7 Å². The molecule has 2 amide bonds. The number of methoxy groups -OCH3 is 1. The van der Waals surface area contributed by atoms with Crippen LogP contribution < -0.4 is 15.4 Å². The molecule has 0 aliphatic rings. The van der Waals surface area contributed by atoms with Gasteiger partial charge in [-0.25, -0.2) is 0 Å². The second-order valence-corrected chi connectivity index (χ2v) is 7.18. The van der Waals surface area contributed by atoms with Gasteiger partial charge < -0.3 is 20.1 Å². The first-order valence-corrected chi connectivity index (χ1v) is 10.4. The quantitative estimate of drug-likeness (QED) is 0.537. The Balaban J connectivity index is 2.01. The Bertz CT molecular complexity index is 820. The zero-order valence-electron chi connectivity index (χ0n) is 18.2. The summed E-state index contributed by atoms with van der Waals surface area (Å²) in [7, 11) is 1.58. The third-order valence-corrected chi connectivity index (χ3v) is 5.00. The number of nitrogens with one attached hydrogen (secondary N) is 2. The van der Waals surface area contributed by atoms with E-state index >= 15 is 0 Å². The average Bonchev–Trinajstić information content (AvgIpc) is 2.77. The van der Waals surface area contributed by atoms with E-state index in [-0.39, 0.29) is 11.8 Å². The first kappa shape index (κ1) is 23.4. The van der Waals surface area contributed by atoms with Crippen LogP contribution in [0.5, 0.6) is 5.75 Å². The van der Waals surface area contributed by atoms with Crippen molar-refractivity contribution in [1.82, 2.24) is 5.32 Å². The van der Waals surface area contributed by atoms with Crippen LogP contribution in [0, 0.1) is 0 Å². The van der Waals surface area contributed by atoms with E-state index in [1.807, 2.05) is 31.2 Å². The molecule has 6 nitrogen and oxygen atoms in total. The molecule has 0 saturated heterocycles. The highest BCUT2D eigenvalue weighted by molar-refractivity contribution is 5.97. The molecule has 2 aromatic carbocycles. The number of anilines is 1. The van der Waals surface area contributed by atoms with Crippen molar-refractivity contribution in [2.24, 2.45) is 0 Å². The van der Waals surface area contributed by atoms with Crippen LogP contribution in [0.25, 0.3) is 0 Å². The van der Waals surface area contributed by atoms with Gasteiger partial charge in [0, 0.05) is 24.9 Å². The fraction of sp³-hybridized carbons (Fsp3) is 0.417. The van der Waals surface area contributed by atoms with Crippen molar-refractivity contribution in [3.63, 3.8) is 0 Å². The normalized spacial score (nSPS) is 12.7. The van der Waals surface area contributed by atoms with Crippen LogP contribution >= 0.6 is 0 Å². The fourth-order valence-corrected chi connectivity index (χ4v) is 2.99. The first-order valence-electron chi connectivity index (χ1n) is 10.4. The third kappa shape index (κ3) is 6.59. The van der Waals surface area contributed by atoms with Gasteiger partial charge in [0.05, 0.1) is 6.61 Å². The maximum Gasteiger partial charge on any atom is 0.265 e. The van der Waals surface area contributed by atoms with E-state index in [1.165, 1.54) is 0 Å². The number of amides is 2. The summed E-state index contributed by atoms with van der Waals surface area (Å²) >= 11 is 0. The minimum atomic E-state index is -0.604. The van der Waals surface area contributed by atoms with Gasteiger partial charge in [-0.05, 0) is 54.7 Å². The summed E-state index contributed by atoms with van der Waals surface area (Å²) in [6.45, 7) is 7.10. The predicted molar refractivity (Wildman–Crippen MR) is 119 cm³/mol. The molecule has 0 fully saturated rings. The summed E-state index contributed by atoms with van der Waals surface area (Å²) in [5.41, 5.74) is 2.25. The molecule has 0 bridgehead atoms. The van der Waals surface area contributed by atoms with Gasteiger partial charge in [0.15, 0.2) is 6.10 Å². The smallest absolute Gasteiger partial charge is 0.265 e. The number of rotatable bonds is 11. The second kappa shape index (κ2) is 12.0. The molecular weight excluding hydrogens is 380 g/mol. The van der Waals surface area contributed by atoms with E-state index in [4.69, 9.17) is 9.47 Å². The second-order valence-electron chi connectivity index (χ2n) is 7.18. The molecule has 2 aromatic rings.